The molecule has 0 bridgehead atoms. The summed E-state index contributed by atoms with van der Waals surface area (Å²) in [6, 6.07) is 0. The van der Waals surface area contributed by atoms with E-state index < -0.39 is 0 Å². The van der Waals surface area contributed by atoms with Gasteiger partial charge in [0.15, 0.2) is 0 Å². The highest BCUT2D eigenvalue weighted by Gasteiger charge is 2.07. The van der Waals surface area contributed by atoms with Crippen molar-refractivity contribution < 1.29 is 4.74 Å². The van der Waals surface area contributed by atoms with Crippen molar-refractivity contribution in [1.82, 2.24) is 4.90 Å². The lowest BCUT2D eigenvalue weighted by molar-refractivity contribution is 0.146. The smallest absolute Gasteiger partial charge is 0.0589 e. The number of hydrogen-bond donors (Lipinski definition) is 1. The van der Waals surface area contributed by atoms with Crippen molar-refractivity contribution in [3.05, 3.63) is 0 Å². The lowest BCUT2D eigenvalue weighted by Gasteiger charge is -2.22. The van der Waals surface area contributed by atoms with Crippen LogP contribution in [0.25, 0.3) is 0 Å². The van der Waals surface area contributed by atoms with E-state index in [0.717, 1.165) is 32.8 Å². The minimum atomic E-state index is 0.687. The number of nitrogens with two attached hydrogens (primary N) is 1. The Balaban J connectivity index is 3.59. The lowest BCUT2D eigenvalue weighted by atomic mass is 10.0. The molecule has 0 saturated carbocycles. The molecule has 0 radical (unpaired) electrons. The zero-order valence-corrected chi connectivity index (χ0v) is 9.96. The van der Waals surface area contributed by atoms with Crippen molar-refractivity contribution in [2.45, 2.75) is 26.7 Å². The van der Waals surface area contributed by atoms with E-state index in [9.17, 15) is 0 Å². The van der Waals surface area contributed by atoms with E-state index in [1.165, 1.54) is 12.8 Å². The summed E-state index contributed by atoms with van der Waals surface area (Å²) in [5, 5.41) is 0. The Kier molecular flexibility index (Phi) is 9.35. The molecule has 0 aliphatic heterocycles. The summed E-state index contributed by atoms with van der Waals surface area (Å²) in [7, 11) is 1.75. The molecule has 3 nitrogen and oxygen atoms in total. The van der Waals surface area contributed by atoms with Crippen LogP contribution in [0.2, 0.25) is 0 Å². The van der Waals surface area contributed by atoms with Gasteiger partial charge in [-0.15, -0.1) is 0 Å². The van der Waals surface area contributed by atoms with Gasteiger partial charge in [0, 0.05) is 13.7 Å². The monoisotopic (exact) mass is 202 g/mol. The number of nitrogens with zero attached hydrogens (tertiary/aromatic N) is 1. The van der Waals surface area contributed by atoms with Crippen molar-refractivity contribution in [3.63, 3.8) is 0 Å². The maximum absolute atomic E-state index is 5.67. The minimum absolute atomic E-state index is 0.687. The summed E-state index contributed by atoms with van der Waals surface area (Å²) in [6.45, 7) is 9.33. The molecular weight excluding hydrogens is 176 g/mol. The number of rotatable bonds is 9. The van der Waals surface area contributed by atoms with E-state index in [1.807, 2.05) is 0 Å². The molecular formula is C11H26N2O. The predicted molar refractivity (Wildman–Crippen MR) is 61.4 cm³/mol. The highest BCUT2D eigenvalue weighted by atomic mass is 16.5. The zero-order valence-electron chi connectivity index (χ0n) is 9.96. The first-order valence-corrected chi connectivity index (χ1v) is 5.69. The van der Waals surface area contributed by atoms with E-state index in [2.05, 4.69) is 18.7 Å². The molecule has 0 spiro atoms. The van der Waals surface area contributed by atoms with Crippen LogP contribution in [0.4, 0.5) is 0 Å². The molecule has 0 amide bonds. The van der Waals surface area contributed by atoms with Gasteiger partial charge in [-0.3, -0.25) is 0 Å². The normalized spacial score (nSPS) is 13.5. The van der Waals surface area contributed by atoms with Crippen LogP contribution in [0.5, 0.6) is 0 Å². The van der Waals surface area contributed by atoms with Crippen molar-refractivity contribution in [3.8, 4) is 0 Å². The highest BCUT2D eigenvalue weighted by molar-refractivity contribution is 4.62. The topological polar surface area (TPSA) is 38.5 Å². The fourth-order valence-corrected chi connectivity index (χ4v) is 1.50. The molecule has 0 aromatic rings. The van der Waals surface area contributed by atoms with Crippen LogP contribution in [-0.2, 0) is 4.74 Å². The van der Waals surface area contributed by atoms with Crippen molar-refractivity contribution in [2.75, 3.05) is 39.9 Å². The van der Waals surface area contributed by atoms with Crippen LogP contribution >= 0.6 is 0 Å². The Morgan fingerprint density at radius 1 is 1.29 bits per heavy atom. The molecule has 0 heterocycles. The average molecular weight is 202 g/mol. The van der Waals surface area contributed by atoms with E-state index in [1.54, 1.807) is 7.11 Å². The lowest BCUT2D eigenvalue weighted by Crippen LogP contribution is -2.30. The maximum atomic E-state index is 5.67. The number of methoxy groups -OCH3 is 1. The van der Waals surface area contributed by atoms with E-state index in [4.69, 9.17) is 10.5 Å². The Morgan fingerprint density at radius 3 is 2.43 bits per heavy atom. The second-order valence-electron chi connectivity index (χ2n) is 3.73. The van der Waals surface area contributed by atoms with Gasteiger partial charge < -0.3 is 15.4 Å². The minimum Gasteiger partial charge on any atom is -0.383 e. The zero-order chi connectivity index (χ0) is 10.8. The van der Waals surface area contributed by atoms with Crippen LogP contribution in [0, 0.1) is 5.92 Å². The van der Waals surface area contributed by atoms with E-state index in [0.29, 0.717) is 5.92 Å². The predicted octanol–water partition coefficient (Wildman–Crippen LogP) is 1.33. The van der Waals surface area contributed by atoms with Gasteiger partial charge in [-0.2, -0.15) is 0 Å². The molecule has 0 fully saturated rings. The second-order valence-corrected chi connectivity index (χ2v) is 3.73. The summed E-state index contributed by atoms with van der Waals surface area (Å²) < 4.78 is 5.07. The molecule has 86 valence electrons. The Hall–Kier alpha value is -0.120. The molecule has 1 atom stereocenters. The molecule has 1 unspecified atom stereocenters. The molecule has 3 heteroatoms. The van der Waals surface area contributed by atoms with E-state index in [-0.39, 0.29) is 0 Å². The number of hydrogen-bond acceptors (Lipinski definition) is 3. The van der Waals surface area contributed by atoms with Gasteiger partial charge >= 0.3 is 0 Å². The molecule has 0 aromatic carbocycles. The molecule has 0 aromatic heterocycles. The van der Waals surface area contributed by atoms with Crippen molar-refractivity contribution in [2.24, 2.45) is 11.7 Å². The average Bonchev–Trinajstić information content (AvgIpc) is 2.23. The molecule has 2 N–H and O–H groups in total. The van der Waals surface area contributed by atoms with Crippen molar-refractivity contribution in [1.29, 1.82) is 0 Å². The first-order valence-electron chi connectivity index (χ1n) is 5.69. The third-order valence-corrected chi connectivity index (χ3v) is 2.82. The van der Waals surface area contributed by atoms with Crippen molar-refractivity contribution >= 4 is 0 Å². The van der Waals surface area contributed by atoms with Gasteiger partial charge in [0.25, 0.3) is 0 Å². The summed E-state index contributed by atoms with van der Waals surface area (Å²) in [4.78, 5) is 2.42. The standard InChI is InChI=1S/C11H26N2O/c1-4-11(10-12)6-7-13(5-2)8-9-14-3/h11H,4-10,12H2,1-3H3. The molecule has 0 aliphatic carbocycles. The summed E-state index contributed by atoms with van der Waals surface area (Å²) in [5.41, 5.74) is 5.67. The van der Waals surface area contributed by atoms with Crippen LogP contribution in [-0.4, -0.2) is 44.8 Å². The maximum Gasteiger partial charge on any atom is 0.0589 e. The first kappa shape index (κ1) is 13.9. The van der Waals surface area contributed by atoms with Crippen LogP contribution in [0.3, 0.4) is 0 Å². The Morgan fingerprint density at radius 2 is 2.00 bits per heavy atom. The van der Waals surface area contributed by atoms with Crippen LogP contribution in [0.15, 0.2) is 0 Å². The third kappa shape index (κ3) is 6.35. The molecule has 0 aliphatic rings. The fraction of sp³-hybridized carbons (Fsp3) is 1.00. The van der Waals surface area contributed by atoms with Gasteiger partial charge in [-0.25, -0.2) is 0 Å². The fourth-order valence-electron chi connectivity index (χ4n) is 1.50. The van der Waals surface area contributed by atoms with Gasteiger partial charge in [0.2, 0.25) is 0 Å². The molecule has 0 saturated heterocycles. The highest BCUT2D eigenvalue weighted by Crippen LogP contribution is 2.06. The third-order valence-electron chi connectivity index (χ3n) is 2.82. The van der Waals surface area contributed by atoms with Gasteiger partial charge in [0.05, 0.1) is 6.61 Å². The quantitative estimate of drug-likeness (QED) is 0.613. The summed E-state index contributed by atoms with van der Waals surface area (Å²) >= 11 is 0. The SMILES string of the molecule is CCC(CN)CCN(CC)CCOC. The van der Waals surface area contributed by atoms with Crippen LogP contribution in [0.1, 0.15) is 26.7 Å². The Labute approximate surface area is 88.6 Å². The second kappa shape index (κ2) is 9.44. The van der Waals surface area contributed by atoms with E-state index >= 15 is 0 Å². The number of ether oxygens (including phenoxy) is 1. The molecule has 0 rings (SSSR count). The Bertz CT molecular complexity index is 116. The largest absolute Gasteiger partial charge is 0.383 e. The van der Waals surface area contributed by atoms with Gasteiger partial charge in [-0.1, -0.05) is 20.3 Å². The van der Waals surface area contributed by atoms with Gasteiger partial charge in [-0.05, 0) is 32.0 Å². The van der Waals surface area contributed by atoms with Crippen LogP contribution < -0.4 is 5.73 Å². The summed E-state index contributed by atoms with van der Waals surface area (Å²) in [5.74, 6) is 0.687. The first-order chi connectivity index (χ1) is 6.78. The number of likely N-dealkylation sites (N-methyl/N-ethyl adjacent to an activating group) is 1. The van der Waals surface area contributed by atoms with Gasteiger partial charge in [0.1, 0.15) is 0 Å². The molecule has 14 heavy (non-hydrogen) atoms. The summed E-state index contributed by atoms with van der Waals surface area (Å²) in [6.07, 6.45) is 2.41.